The average molecular weight is 248 g/mol. The van der Waals surface area contributed by atoms with Gasteiger partial charge in [0, 0.05) is 39.1 Å². The molecule has 0 radical (unpaired) electrons. The summed E-state index contributed by atoms with van der Waals surface area (Å²) in [5.41, 5.74) is 2.13. The Kier molecular flexibility index (Phi) is 2.98. The molecule has 0 atom stereocenters. The Morgan fingerprint density at radius 3 is 2.67 bits per heavy atom. The first-order chi connectivity index (χ1) is 8.41. The molecule has 0 aromatic carbocycles. The van der Waals surface area contributed by atoms with Crippen molar-refractivity contribution in [1.29, 1.82) is 0 Å². The van der Waals surface area contributed by atoms with Crippen molar-refractivity contribution < 1.29 is 14.7 Å². The summed E-state index contributed by atoms with van der Waals surface area (Å²) in [7, 11) is 5.44. The lowest BCUT2D eigenvalue weighted by atomic mass is 9.90. The molecule has 0 unspecified atom stereocenters. The van der Waals surface area contributed by atoms with Crippen molar-refractivity contribution in [3.8, 4) is 0 Å². The number of carbonyl (C=O) groups is 2. The molecule has 1 aliphatic carbocycles. The highest BCUT2D eigenvalue weighted by atomic mass is 16.4. The van der Waals surface area contributed by atoms with Crippen LogP contribution in [0, 0.1) is 0 Å². The maximum Gasteiger partial charge on any atom is 0.337 e. The van der Waals surface area contributed by atoms with Crippen molar-refractivity contribution in [3.63, 3.8) is 0 Å². The van der Waals surface area contributed by atoms with Gasteiger partial charge >= 0.3 is 5.97 Å². The van der Waals surface area contributed by atoms with Gasteiger partial charge in [-0.25, -0.2) is 4.79 Å². The molecule has 0 spiro atoms. The van der Waals surface area contributed by atoms with E-state index in [1.807, 2.05) is 19.0 Å². The Hall–Kier alpha value is -2.04. The first-order valence-electron chi connectivity index (χ1n) is 5.75. The molecule has 0 amide bonds. The van der Waals surface area contributed by atoms with E-state index in [0.717, 1.165) is 5.57 Å². The second-order valence-electron chi connectivity index (χ2n) is 4.73. The third-order valence-corrected chi connectivity index (χ3v) is 3.08. The molecule has 18 heavy (non-hydrogen) atoms. The lowest BCUT2D eigenvalue weighted by Gasteiger charge is -2.18. The van der Waals surface area contributed by atoms with Crippen LogP contribution in [0.2, 0.25) is 0 Å². The van der Waals surface area contributed by atoms with Crippen LogP contribution >= 0.6 is 0 Å². The average Bonchev–Trinajstić information content (AvgIpc) is 2.60. The molecular weight excluding hydrogens is 232 g/mol. The molecule has 5 heteroatoms. The third kappa shape index (κ3) is 1.92. The maximum atomic E-state index is 12.3. The number of carbonyl (C=O) groups excluding carboxylic acids is 1. The van der Waals surface area contributed by atoms with Crippen LogP contribution in [0.3, 0.4) is 0 Å². The number of carboxylic acids is 1. The van der Waals surface area contributed by atoms with Gasteiger partial charge in [-0.2, -0.15) is 0 Å². The van der Waals surface area contributed by atoms with Gasteiger partial charge in [-0.1, -0.05) is 0 Å². The molecule has 0 fully saturated rings. The van der Waals surface area contributed by atoms with Crippen LogP contribution in [0.1, 0.15) is 32.8 Å². The second-order valence-corrected chi connectivity index (χ2v) is 4.73. The van der Waals surface area contributed by atoms with Gasteiger partial charge in [-0.3, -0.25) is 4.79 Å². The molecule has 0 aliphatic heterocycles. The summed E-state index contributed by atoms with van der Waals surface area (Å²) in [4.78, 5) is 25.2. The number of Topliss-reactive ketones (excluding diaryl/α,β-unsaturated/α-hetero) is 1. The van der Waals surface area contributed by atoms with Gasteiger partial charge in [-0.15, -0.1) is 0 Å². The van der Waals surface area contributed by atoms with E-state index < -0.39 is 5.97 Å². The zero-order chi connectivity index (χ0) is 13.4. The predicted octanol–water partition coefficient (Wildman–Crippen LogP) is 1.30. The number of rotatable bonds is 2. The fourth-order valence-electron chi connectivity index (χ4n) is 2.37. The molecule has 96 valence electrons. The number of aromatic nitrogens is 1. The Bertz CT molecular complexity index is 553. The highest BCUT2D eigenvalue weighted by Gasteiger charge is 2.29. The molecule has 2 rings (SSSR count). The van der Waals surface area contributed by atoms with E-state index in [4.69, 9.17) is 5.11 Å². The Morgan fingerprint density at radius 1 is 1.44 bits per heavy atom. The molecule has 1 N–H and O–H groups in total. The topological polar surface area (TPSA) is 62.5 Å². The summed E-state index contributed by atoms with van der Waals surface area (Å²) >= 11 is 0. The van der Waals surface area contributed by atoms with Crippen molar-refractivity contribution in [1.82, 2.24) is 9.47 Å². The number of hydrogen-bond acceptors (Lipinski definition) is 3. The van der Waals surface area contributed by atoms with E-state index in [0.29, 0.717) is 24.1 Å². The monoisotopic (exact) mass is 248 g/mol. The summed E-state index contributed by atoms with van der Waals surface area (Å²) in [5, 5.41) is 9.10. The normalized spacial score (nSPS) is 16.8. The van der Waals surface area contributed by atoms with Gasteiger partial charge in [0.05, 0.1) is 11.3 Å². The van der Waals surface area contributed by atoms with E-state index in [-0.39, 0.29) is 11.3 Å². The number of fused-ring (bicyclic) bond motifs is 1. The smallest absolute Gasteiger partial charge is 0.337 e. The SMILES string of the molecule is CN(C)/C=C1\CCc2c(C(=O)O)cn(C)c2C1=O. The van der Waals surface area contributed by atoms with Gasteiger partial charge in [0.15, 0.2) is 0 Å². The number of aromatic carboxylic acids is 1. The number of hydrogen-bond donors (Lipinski definition) is 1. The lowest BCUT2D eigenvalue weighted by molar-refractivity contribution is 0.0695. The number of nitrogens with zero attached hydrogens (tertiary/aromatic N) is 2. The van der Waals surface area contributed by atoms with Crippen molar-refractivity contribution in [2.24, 2.45) is 7.05 Å². The van der Waals surface area contributed by atoms with Crippen molar-refractivity contribution in [2.45, 2.75) is 12.8 Å². The van der Waals surface area contributed by atoms with Crippen LogP contribution in [0.15, 0.2) is 18.0 Å². The highest BCUT2D eigenvalue weighted by molar-refractivity contribution is 6.11. The van der Waals surface area contributed by atoms with Crippen LogP contribution in [0.5, 0.6) is 0 Å². The van der Waals surface area contributed by atoms with Crippen molar-refractivity contribution in [3.05, 3.63) is 34.8 Å². The molecule has 1 aromatic rings. The van der Waals surface area contributed by atoms with Crippen LogP contribution in [0.4, 0.5) is 0 Å². The predicted molar refractivity (Wildman–Crippen MR) is 66.8 cm³/mol. The molecule has 0 saturated heterocycles. The molecule has 5 nitrogen and oxygen atoms in total. The lowest BCUT2D eigenvalue weighted by Crippen LogP contribution is -2.19. The molecule has 1 heterocycles. The van der Waals surface area contributed by atoms with Crippen LogP contribution in [-0.4, -0.2) is 40.4 Å². The molecule has 0 saturated carbocycles. The molecular formula is C13H16N2O3. The number of aryl methyl sites for hydroxylation is 1. The fraction of sp³-hybridized carbons (Fsp3) is 0.385. The molecule has 0 bridgehead atoms. The Balaban J connectivity index is 2.51. The minimum absolute atomic E-state index is 0.0695. The van der Waals surface area contributed by atoms with E-state index in [1.54, 1.807) is 17.8 Å². The summed E-state index contributed by atoms with van der Waals surface area (Å²) < 4.78 is 1.61. The zero-order valence-corrected chi connectivity index (χ0v) is 10.7. The Labute approximate surface area is 105 Å². The van der Waals surface area contributed by atoms with Crippen LogP contribution in [0.25, 0.3) is 0 Å². The number of allylic oxidation sites excluding steroid dienone is 1. The maximum absolute atomic E-state index is 12.3. The van der Waals surface area contributed by atoms with Crippen LogP contribution < -0.4 is 0 Å². The summed E-state index contributed by atoms with van der Waals surface area (Å²) in [6.07, 6.45) is 4.51. The van der Waals surface area contributed by atoms with Crippen LogP contribution in [-0.2, 0) is 13.5 Å². The van der Waals surface area contributed by atoms with Crippen molar-refractivity contribution >= 4 is 11.8 Å². The van der Waals surface area contributed by atoms with Gasteiger partial charge in [0.1, 0.15) is 0 Å². The standard InChI is InChI=1S/C13H16N2O3/c1-14(2)6-8-4-5-9-10(13(17)18)7-15(3)11(9)12(8)16/h6-7H,4-5H2,1-3H3,(H,17,18)/b8-6+. The highest BCUT2D eigenvalue weighted by Crippen LogP contribution is 2.29. The minimum atomic E-state index is -0.973. The number of carboxylic acid groups (broad SMARTS) is 1. The van der Waals surface area contributed by atoms with E-state index >= 15 is 0 Å². The van der Waals surface area contributed by atoms with Gasteiger partial charge in [0.25, 0.3) is 0 Å². The minimum Gasteiger partial charge on any atom is -0.478 e. The third-order valence-electron chi connectivity index (χ3n) is 3.08. The first kappa shape index (κ1) is 12.4. The molecule has 1 aliphatic rings. The quantitative estimate of drug-likeness (QED) is 0.801. The summed E-state index contributed by atoms with van der Waals surface area (Å²) in [5.74, 6) is -1.04. The Morgan fingerprint density at radius 2 is 2.11 bits per heavy atom. The largest absolute Gasteiger partial charge is 0.478 e. The van der Waals surface area contributed by atoms with E-state index in [9.17, 15) is 9.59 Å². The second kappa shape index (κ2) is 4.33. The first-order valence-corrected chi connectivity index (χ1v) is 5.75. The van der Waals surface area contributed by atoms with E-state index in [1.165, 1.54) is 6.20 Å². The van der Waals surface area contributed by atoms with Gasteiger partial charge in [-0.05, 0) is 18.4 Å². The van der Waals surface area contributed by atoms with Crippen molar-refractivity contribution in [2.75, 3.05) is 14.1 Å². The number of ketones is 1. The van der Waals surface area contributed by atoms with E-state index in [2.05, 4.69) is 0 Å². The molecule has 1 aromatic heterocycles. The summed E-state index contributed by atoms with van der Waals surface area (Å²) in [6, 6.07) is 0. The zero-order valence-electron chi connectivity index (χ0n) is 10.7. The fourth-order valence-corrected chi connectivity index (χ4v) is 2.37. The summed E-state index contributed by atoms with van der Waals surface area (Å²) in [6.45, 7) is 0. The van der Waals surface area contributed by atoms with Gasteiger partial charge < -0.3 is 14.6 Å². The van der Waals surface area contributed by atoms with Gasteiger partial charge in [0.2, 0.25) is 5.78 Å².